The van der Waals surface area contributed by atoms with Crippen molar-refractivity contribution in [1.29, 1.82) is 0 Å². The second kappa shape index (κ2) is 7.10. The van der Waals surface area contributed by atoms with Gasteiger partial charge in [-0.3, -0.25) is 5.32 Å². The maximum Gasteiger partial charge on any atom is 0.411 e. The number of benzene rings is 1. The zero-order chi connectivity index (χ0) is 15.3. The molecule has 6 nitrogen and oxygen atoms in total. The zero-order valence-electron chi connectivity index (χ0n) is 11.0. The van der Waals surface area contributed by atoms with Gasteiger partial charge in [0.25, 0.3) is 0 Å². The molecule has 1 fully saturated rings. The summed E-state index contributed by atoms with van der Waals surface area (Å²) in [6, 6.07) is 4.79. The Morgan fingerprint density at radius 3 is 2.86 bits per heavy atom. The molecule has 1 aromatic carbocycles. The Kier molecular flexibility index (Phi) is 5.43. The molecule has 1 saturated heterocycles. The van der Waals surface area contributed by atoms with Gasteiger partial charge in [-0.05, 0) is 24.3 Å². The van der Waals surface area contributed by atoms with Gasteiger partial charge in [0.1, 0.15) is 12.4 Å². The summed E-state index contributed by atoms with van der Waals surface area (Å²) in [7, 11) is -3.30. The summed E-state index contributed by atoms with van der Waals surface area (Å²) < 4.78 is 43.2. The first-order valence-corrected chi connectivity index (χ1v) is 9.02. The van der Waals surface area contributed by atoms with Crippen LogP contribution in [0.15, 0.2) is 24.3 Å². The number of amides is 1. The van der Waals surface area contributed by atoms with E-state index in [0.29, 0.717) is 17.2 Å². The van der Waals surface area contributed by atoms with E-state index in [1.807, 2.05) is 0 Å². The van der Waals surface area contributed by atoms with Gasteiger partial charge in [-0.2, -0.15) is 11.8 Å². The van der Waals surface area contributed by atoms with Crippen molar-refractivity contribution in [2.45, 2.75) is 6.04 Å². The highest BCUT2D eigenvalue weighted by Crippen LogP contribution is 2.12. The Balaban J connectivity index is 1.81. The van der Waals surface area contributed by atoms with E-state index in [0.717, 1.165) is 0 Å². The molecule has 2 rings (SSSR count). The lowest BCUT2D eigenvalue weighted by Gasteiger charge is -2.15. The molecule has 1 aliphatic rings. The van der Waals surface area contributed by atoms with Crippen molar-refractivity contribution < 1.29 is 22.3 Å². The summed E-state index contributed by atoms with van der Waals surface area (Å²) in [5.41, 5.74) is 0.400. The number of hydrogen-bond donors (Lipinski definition) is 2. The Labute approximate surface area is 126 Å². The second-order valence-electron chi connectivity index (χ2n) is 4.44. The minimum absolute atomic E-state index is 0.0563. The van der Waals surface area contributed by atoms with Gasteiger partial charge < -0.3 is 4.74 Å². The van der Waals surface area contributed by atoms with Crippen molar-refractivity contribution in [3.8, 4) is 0 Å². The van der Waals surface area contributed by atoms with Gasteiger partial charge in [0.05, 0.1) is 11.8 Å². The number of sulfonamides is 1. The van der Waals surface area contributed by atoms with E-state index in [1.165, 1.54) is 36.0 Å². The van der Waals surface area contributed by atoms with Crippen LogP contribution in [0.3, 0.4) is 0 Å². The molecule has 21 heavy (non-hydrogen) atoms. The summed E-state index contributed by atoms with van der Waals surface area (Å²) in [4.78, 5) is 11.6. The molecule has 1 atom stereocenters. The van der Waals surface area contributed by atoms with Gasteiger partial charge in [-0.15, -0.1) is 0 Å². The van der Waals surface area contributed by atoms with E-state index in [2.05, 4.69) is 10.0 Å². The molecule has 0 spiro atoms. The molecule has 0 aliphatic carbocycles. The predicted molar refractivity (Wildman–Crippen MR) is 79.4 cm³/mol. The third-order valence-corrected chi connectivity index (χ3v) is 5.49. The Morgan fingerprint density at radius 2 is 2.14 bits per heavy atom. The average Bonchev–Trinajstić information content (AvgIpc) is 2.60. The molecule has 2 N–H and O–H groups in total. The number of carbonyl (C=O) groups is 1. The number of thioether (sulfide) groups is 1. The van der Waals surface area contributed by atoms with Gasteiger partial charge in [0, 0.05) is 17.2 Å². The van der Waals surface area contributed by atoms with E-state index in [-0.39, 0.29) is 12.4 Å². The summed E-state index contributed by atoms with van der Waals surface area (Å²) >= 11 is 1.49. The summed E-state index contributed by atoms with van der Waals surface area (Å²) in [6.07, 6.45) is -0.713. The van der Waals surface area contributed by atoms with E-state index in [9.17, 15) is 17.6 Å². The monoisotopic (exact) mass is 334 g/mol. The quantitative estimate of drug-likeness (QED) is 0.873. The Bertz CT molecular complexity index is 592. The third-order valence-electron chi connectivity index (χ3n) is 2.67. The molecule has 9 heteroatoms. The molecular weight excluding hydrogens is 319 g/mol. The lowest BCUT2D eigenvalue weighted by atomic mass is 10.3. The van der Waals surface area contributed by atoms with E-state index in [1.54, 1.807) is 0 Å². The molecule has 1 aliphatic heterocycles. The smallest absolute Gasteiger partial charge is 0.411 e. The van der Waals surface area contributed by atoms with Crippen LogP contribution in [0.4, 0.5) is 14.9 Å². The fraction of sp³-hybridized carbons (Fsp3) is 0.417. The topological polar surface area (TPSA) is 84.5 Å². The fourth-order valence-corrected chi connectivity index (χ4v) is 4.55. The Morgan fingerprint density at radius 1 is 1.43 bits per heavy atom. The van der Waals surface area contributed by atoms with Crippen molar-refractivity contribution in [2.24, 2.45) is 0 Å². The predicted octanol–water partition coefficient (Wildman–Crippen LogP) is 1.41. The average molecular weight is 334 g/mol. The largest absolute Gasteiger partial charge is 0.448 e. The number of carbonyl (C=O) groups excluding carboxylic acids is 1. The maximum absolute atomic E-state index is 12.7. The third kappa shape index (κ3) is 5.52. The van der Waals surface area contributed by atoms with Gasteiger partial charge >= 0.3 is 6.09 Å². The van der Waals surface area contributed by atoms with Crippen LogP contribution in [0.5, 0.6) is 0 Å². The number of nitrogens with one attached hydrogen (secondary N) is 2. The zero-order valence-corrected chi connectivity index (χ0v) is 12.7. The van der Waals surface area contributed by atoms with Gasteiger partial charge in [-0.25, -0.2) is 22.3 Å². The molecule has 1 heterocycles. The molecule has 0 bridgehead atoms. The first kappa shape index (κ1) is 16.1. The summed E-state index contributed by atoms with van der Waals surface area (Å²) in [5, 5.41) is 2.43. The van der Waals surface area contributed by atoms with Crippen molar-refractivity contribution in [3.05, 3.63) is 30.1 Å². The maximum atomic E-state index is 12.7. The SMILES string of the molecule is O=C(Nc1ccc(F)cc1)OC[C@@H]1CSCCS(=O)(=O)N1. The lowest BCUT2D eigenvalue weighted by molar-refractivity contribution is 0.154. The lowest BCUT2D eigenvalue weighted by Crippen LogP contribution is -2.40. The minimum atomic E-state index is -3.30. The second-order valence-corrected chi connectivity index (χ2v) is 7.46. The van der Waals surface area contributed by atoms with Crippen LogP contribution >= 0.6 is 11.8 Å². The highest BCUT2D eigenvalue weighted by Gasteiger charge is 2.23. The first-order valence-electron chi connectivity index (χ1n) is 6.22. The fourth-order valence-electron chi connectivity index (χ4n) is 1.69. The molecule has 0 saturated carbocycles. The van der Waals surface area contributed by atoms with E-state index in [4.69, 9.17) is 4.74 Å². The molecule has 1 amide bonds. The number of hydrogen-bond acceptors (Lipinski definition) is 5. The number of rotatable bonds is 3. The van der Waals surface area contributed by atoms with Crippen LogP contribution in [0.25, 0.3) is 0 Å². The summed E-state index contributed by atoms with van der Waals surface area (Å²) in [6.45, 7) is -0.0563. The Hall–Kier alpha value is -1.32. The number of ether oxygens (including phenoxy) is 1. The van der Waals surface area contributed by atoms with Crippen molar-refractivity contribution in [3.63, 3.8) is 0 Å². The number of anilines is 1. The number of halogens is 1. The van der Waals surface area contributed by atoms with Crippen molar-refractivity contribution in [2.75, 3.05) is 29.2 Å². The molecule has 0 unspecified atom stereocenters. The highest BCUT2D eigenvalue weighted by molar-refractivity contribution is 8.00. The normalized spacial score (nSPS) is 21.3. The minimum Gasteiger partial charge on any atom is -0.448 e. The molecule has 1 aromatic rings. The van der Waals surface area contributed by atoms with Crippen LogP contribution in [-0.4, -0.2) is 44.4 Å². The van der Waals surface area contributed by atoms with E-state index < -0.39 is 28.0 Å². The van der Waals surface area contributed by atoms with E-state index >= 15 is 0 Å². The standard InChI is InChI=1S/C12H15FN2O4S2/c13-9-1-3-10(4-2-9)14-12(16)19-7-11-8-20-5-6-21(17,18)15-11/h1-4,11,15H,5-8H2,(H,14,16)/t11-/m1/s1. The molecule has 0 radical (unpaired) electrons. The van der Waals surface area contributed by atoms with Crippen molar-refractivity contribution >= 4 is 33.6 Å². The van der Waals surface area contributed by atoms with Gasteiger partial charge in [-0.1, -0.05) is 0 Å². The van der Waals surface area contributed by atoms with Crippen LogP contribution in [0.1, 0.15) is 0 Å². The molecule has 0 aromatic heterocycles. The van der Waals surface area contributed by atoms with Gasteiger partial charge in [0.15, 0.2) is 0 Å². The molecular formula is C12H15FN2O4S2. The van der Waals surface area contributed by atoms with Crippen molar-refractivity contribution in [1.82, 2.24) is 4.72 Å². The van der Waals surface area contributed by atoms with Crippen LogP contribution in [0, 0.1) is 5.82 Å². The highest BCUT2D eigenvalue weighted by atomic mass is 32.2. The van der Waals surface area contributed by atoms with Crippen LogP contribution in [-0.2, 0) is 14.8 Å². The van der Waals surface area contributed by atoms with Crippen LogP contribution < -0.4 is 10.0 Å². The first-order chi connectivity index (χ1) is 9.94. The van der Waals surface area contributed by atoms with Gasteiger partial charge in [0.2, 0.25) is 10.0 Å². The van der Waals surface area contributed by atoms with Crippen LogP contribution in [0.2, 0.25) is 0 Å². The molecule has 116 valence electrons. The summed E-state index contributed by atoms with van der Waals surface area (Å²) in [5.74, 6) is 0.728.